The zero-order valence-electron chi connectivity index (χ0n) is 16.1. The number of hydrogen-bond acceptors (Lipinski definition) is 7. The first-order valence-electron chi connectivity index (χ1n) is 8.13. The van der Waals surface area contributed by atoms with Gasteiger partial charge in [-0.05, 0) is 48.5 Å². The summed E-state index contributed by atoms with van der Waals surface area (Å²) in [6.45, 7) is 11.8. The molecule has 0 aliphatic heterocycles. The second-order valence-electron chi connectivity index (χ2n) is 7.46. The van der Waals surface area contributed by atoms with Gasteiger partial charge >= 0.3 is 18.0 Å². The third-order valence-corrected chi connectivity index (χ3v) is 2.46. The number of carbonyl (C=O) groups is 4. The summed E-state index contributed by atoms with van der Waals surface area (Å²) < 4.78 is 15.0. The zero-order valence-corrected chi connectivity index (χ0v) is 16.1. The molecule has 0 aromatic rings. The lowest BCUT2D eigenvalue weighted by Crippen LogP contribution is -2.47. The van der Waals surface area contributed by atoms with Crippen LogP contribution in [0.3, 0.4) is 0 Å². The lowest BCUT2D eigenvalue weighted by atomic mass is 10.1. The highest BCUT2D eigenvalue weighted by molar-refractivity contribution is 5.98. The predicted molar refractivity (Wildman–Crippen MR) is 89.9 cm³/mol. The number of hydrogen-bond donors (Lipinski definition) is 1. The molecule has 0 heterocycles. The van der Waals surface area contributed by atoms with Gasteiger partial charge < -0.3 is 19.5 Å². The lowest BCUT2D eigenvalue weighted by Gasteiger charge is -2.26. The van der Waals surface area contributed by atoms with Gasteiger partial charge in [-0.2, -0.15) is 0 Å². The van der Waals surface area contributed by atoms with Gasteiger partial charge in [-0.1, -0.05) is 0 Å². The van der Waals surface area contributed by atoms with Gasteiger partial charge in [0, 0.05) is 6.42 Å². The zero-order chi connectivity index (χ0) is 19.8. The summed E-state index contributed by atoms with van der Waals surface area (Å²) in [5, 5.41) is 2.32. The summed E-state index contributed by atoms with van der Waals surface area (Å²) in [5.41, 5.74) is -1.56. The molecule has 144 valence electrons. The molecule has 1 amide bonds. The molecule has 8 nitrogen and oxygen atoms in total. The van der Waals surface area contributed by atoms with Crippen molar-refractivity contribution in [3.8, 4) is 0 Å². The average Bonchev–Trinajstić information content (AvgIpc) is 2.33. The Labute approximate surface area is 148 Å². The molecular formula is C17H29NO7. The molecule has 1 N–H and O–H groups in total. The van der Waals surface area contributed by atoms with E-state index in [1.165, 1.54) is 0 Å². The molecule has 0 radical (unpaired) electrons. The first-order valence-corrected chi connectivity index (χ1v) is 8.13. The van der Waals surface area contributed by atoms with Gasteiger partial charge in [0.15, 0.2) is 0 Å². The summed E-state index contributed by atoms with van der Waals surface area (Å²) in [5.74, 6) is -2.02. The van der Waals surface area contributed by atoms with Gasteiger partial charge in [0.25, 0.3) is 0 Å². The summed E-state index contributed by atoms with van der Waals surface area (Å²) in [4.78, 5) is 47.5. The third-order valence-electron chi connectivity index (χ3n) is 2.46. The quantitative estimate of drug-likeness (QED) is 0.421. The lowest BCUT2D eigenvalue weighted by molar-refractivity contribution is -0.159. The maximum atomic E-state index is 12.2. The SMILES string of the molecule is CCOC(=O)CC(=O)C[C@H](NC(=O)OC(C)(C)C)C(=O)OC(C)(C)C. The Balaban J connectivity index is 5.00. The highest BCUT2D eigenvalue weighted by Gasteiger charge is 2.31. The standard InChI is InChI=1S/C17H29NO7/c1-8-23-13(20)10-11(19)9-12(14(21)24-16(2,3)4)18-15(22)25-17(5,6)7/h12H,8-10H2,1-7H3,(H,18,22)/t12-/m0/s1. The van der Waals surface area contributed by atoms with Crippen LogP contribution in [0.2, 0.25) is 0 Å². The number of ether oxygens (including phenoxy) is 3. The van der Waals surface area contributed by atoms with Gasteiger partial charge in [-0.15, -0.1) is 0 Å². The van der Waals surface area contributed by atoms with E-state index < -0.39 is 53.9 Å². The van der Waals surface area contributed by atoms with E-state index in [4.69, 9.17) is 14.2 Å². The van der Waals surface area contributed by atoms with Crippen molar-refractivity contribution in [2.45, 2.75) is 78.6 Å². The summed E-state index contributed by atoms with van der Waals surface area (Å²) in [6, 6.07) is -1.25. The summed E-state index contributed by atoms with van der Waals surface area (Å²) >= 11 is 0. The van der Waals surface area contributed by atoms with Crippen molar-refractivity contribution in [1.82, 2.24) is 5.32 Å². The van der Waals surface area contributed by atoms with Gasteiger partial charge in [-0.3, -0.25) is 9.59 Å². The van der Waals surface area contributed by atoms with Crippen LogP contribution >= 0.6 is 0 Å². The Morgan fingerprint density at radius 3 is 1.88 bits per heavy atom. The topological polar surface area (TPSA) is 108 Å². The number of ketones is 1. The molecular weight excluding hydrogens is 330 g/mol. The van der Waals surface area contributed by atoms with E-state index in [0.29, 0.717) is 0 Å². The minimum absolute atomic E-state index is 0.151. The van der Waals surface area contributed by atoms with Crippen LogP contribution in [-0.4, -0.2) is 47.7 Å². The Hall–Kier alpha value is -2.12. The number of rotatable bonds is 7. The van der Waals surface area contributed by atoms with Crippen molar-refractivity contribution in [1.29, 1.82) is 0 Å². The monoisotopic (exact) mass is 359 g/mol. The number of amides is 1. The normalized spacial score (nSPS) is 12.8. The maximum absolute atomic E-state index is 12.2. The van der Waals surface area contributed by atoms with Crippen LogP contribution in [0.5, 0.6) is 0 Å². The molecule has 0 aliphatic carbocycles. The Morgan fingerprint density at radius 1 is 0.920 bits per heavy atom. The van der Waals surface area contributed by atoms with Gasteiger partial charge in [0.05, 0.1) is 6.61 Å². The van der Waals surface area contributed by atoms with E-state index in [-0.39, 0.29) is 6.61 Å². The first kappa shape index (κ1) is 22.9. The average molecular weight is 359 g/mol. The fourth-order valence-electron chi connectivity index (χ4n) is 1.69. The molecule has 0 aliphatic rings. The van der Waals surface area contributed by atoms with E-state index in [0.717, 1.165) is 0 Å². The predicted octanol–water partition coefficient (Wildman–Crippen LogP) is 2.13. The van der Waals surface area contributed by atoms with Crippen molar-refractivity contribution < 1.29 is 33.4 Å². The molecule has 0 bridgehead atoms. The van der Waals surface area contributed by atoms with Crippen LogP contribution in [-0.2, 0) is 28.6 Å². The largest absolute Gasteiger partial charge is 0.466 e. The van der Waals surface area contributed by atoms with E-state index in [9.17, 15) is 19.2 Å². The van der Waals surface area contributed by atoms with E-state index in [2.05, 4.69) is 5.32 Å². The van der Waals surface area contributed by atoms with Crippen molar-refractivity contribution in [3.63, 3.8) is 0 Å². The van der Waals surface area contributed by atoms with E-state index in [1.807, 2.05) is 0 Å². The molecule has 25 heavy (non-hydrogen) atoms. The van der Waals surface area contributed by atoms with E-state index >= 15 is 0 Å². The van der Waals surface area contributed by atoms with Gasteiger partial charge in [0.2, 0.25) is 0 Å². The Kier molecular flexibility index (Phi) is 8.59. The summed E-state index contributed by atoms with van der Waals surface area (Å²) in [6.07, 6.45) is -1.73. The second kappa shape index (κ2) is 9.39. The van der Waals surface area contributed by atoms with Crippen molar-refractivity contribution in [3.05, 3.63) is 0 Å². The third kappa shape index (κ3) is 12.0. The maximum Gasteiger partial charge on any atom is 0.408 e. The smallest absolute Gasteiger partial charge is 0.408 e. The first-order chi connectivity index (χ1) is 11.2. The molecule has 0 spiro atoms. The fourth-order valence-corrected chi connectivity index (χ4v) is 1.69. The minimum Gasteiger partial charge on any atom is -0.466 e. The molecule has 0 unspecified atom stereocenters. The van der Waals surface area contributed by atoms with Crippen molar-refractivity contribution in [2.75, 3.05) is 6.61 Å². The number of esters is 2. The number of Topliss-reactive ketones (excluding diaryl/α,β-unsaturated/α-hetero) is 1. The number of nitrogens with one attached hydrogen (secondary N) is 1. The van der Waals surface area contributed by atoms with Crippen LogP contribution in [0.1, 0.15) is 61.3 Å². The molecule has 8 heteroatoms. The molecule has 0 rings (SSSR count). The molecule has 0 aromatic heterocycles. The molecule has 0 aromatic carbocycles. The van der Waals surface area contributed by atoms with Gasteiger partial charge in [-0.25, -0.2) is 9.59 Å². The minimum atomic E-state index is -1.25. The van der Waals surface area contributed by atoms with Crippen LogP contribution in [0.25, 0.3) is 0 Å². The van der Waals surface area contributed by atoms with Crippen molar-refractivity contribution >= 4 is 23.8 Å². The van der Waals surface area contributed by atoms with Crippen molar-refractivity contribution in [2.24, 2.45) is 0 Å². The fraction of sp³-hybridized carbons (Fsp3) is 0.765. The van der Waals surface area contributed by atoms with Crippen LogP contribution in [0.15, 0.2) is 0 Å². The Bertz CT molecular complexity index is 500. The van der Waals surface area contributed by atoms with Crippen LogP contribution in [0.4, 0.5) is 4.79 Å². The molecule has 0 saturated heterocycles. The molecule has 1 atom stereocenters. The molecule has 0 fully saturated rings. The van der Waals surface area contributed by atoms with E-state index in [1.54, 1.807) is 48.5 Å². The van der Waals surface area contributed by atoms with Crippen LogP contribution < -0.4 is 5.32 Å². The Morgan fingerprint density at radius 2 is 1.44 bits per heavy atom. The van der Waals surface area contributed by atoms with Gasteiger partial charge in [0.1, 0.15) is 29.4 Å². The number of alkyl carbamates (subject to hydrolysis) is 1. The second-order valence-corrected chi connectivity index (χ2v) is 7.46. The van der Waals surface area contributed by atoms with Crippen LogP contribution in [0, 0.1) is 0 Å². The summed E-state index contributed by atoms with van der Waals surface area (Å²) in [7, 11) is 0. The highest BCUT2D eigenvalue weighted by Crippen LogP contribution is 2.12. The number of carbonyl (C=O) groups excluding carboxylic acids is 4. The molecule has 0 saturated carbocycles. The highest BCUT2D eigenvalue weighted by atomic mass is 16.6.